The summed E-state index contributed by atoms with van der Waals surface area (Å²) in [5, 5.41) is 8.66. The molecule has 0 aliphatic rings. The maximum Gasteiger partial charge on any atom is 0.466 e. The van der Waals surface area contributed by atoms with Crippen LogP contribution in [0.15, 0.2) is 12.2 Å². The second kappa shape index (κ2) is 20.9. The first kappa shape index (κ1) is 26.0. The predicted molar refractivity (Wildman–Crippen MR) is 101 cm³/mol. The molecule has 0 heterocycles. The fraction of sp³-hybridized carbons (Fsp3) is 0.889. The topological polar surface area (TPSA) is 98.0 Å². The molecule has 0 unspecified atom stereocenters. The lowest BCUT2D eigenvalue weighted by Gasteiger charge is -1.99. The van der Waals surface area contributed by atoms with Gasteiger partial charge in [-0.15, -0.1) is 0 Å². The largest absolute Gasteiger partial charge is 0.466 e. The van der Waals surface area contributed by atoms with Crippen molar-refractivity contribution in [2.45, 2.75) is 96.8 Å². The first-order chi connectivity index (χ1) is 11.4. The molecule has 0 atom stereocenters. The minimum absolute atomic E-state index is 0.362. The molecule has 0 bridgehead atoms. The van der Waals surface area contributed by atoms with Crippen molar-refractivity contribution in [3.63, 3.8) is 0 Å². The predicted octanol–water partition coefficient (Wildman–Crippen LogP) is 5.09. The van der Waals surface area contributed by atoms with Gasteiger partial charge in [-0.25, -0.2) is 4.57 Å². The smallest absolute Gasteiger partial charge is 0.396 e. The summed E-state index contributed by atoms with van der Waals surface area (Å²) < 4.78 is 8.88. The van der Waals surface area contributed by atoms with E-state index in [0.717, 1.165) is 6.42 Å². The Labute approximate surface area is 148 Å². The highest BCUT2D eigenvalue weighted by molar-refractivity contribution is 7.45. The van der Waals surface area contributed by atoms with Crippen molar-refractivity contribution >= 4 is 7.82 Å². The van der Waals surface area contributed by atoms with Crippen LogP contribution in [0.25, 0.3) is 0 Å². The summed E-state index contributed by atoms with van der Waals surface area (Å²) in [4.78, 5) is 21.6. The Balaban J connectivity index is 0. The molecule has 0 aliphatic carbocycles. The van der Waals surface area contributed by atoms with E-state index in [0.29, 0.717) is 6.61 Å². The normalized spacial score (nSPS) is 11.5. The summed E-state index contributed by atoms with van der Waals surface area (Å²) in [6.45, 7) is 2.64. The summed E-state index contributed by atoms with van der Waals surface area (Å²) in [7, 11) is -4.64. The maximum atomic E-state index is 8.88. The van der Waals surface area contributed by atoms with Gasteiger partial charge in [-0.3, -0.25) is 0 Å². The minimum Gasteiger partial charge on any atom is -0.396 e. The Morgan fingerprint density at radius 1 is 0.667 bits per heavy atom. The van der Waals surface area contributed by atoms with Gasteiger partial charge in [0, 0.05) is 6.61 Å². The third-order valence-electron chi connectivity index (χ3n) is 3.67. The van der Waals surface area contributed by atoms with E-state index in [1.807, 2.05) is 0 Å². The Morgan fingerprint density at radius 3 is 1.38 bits per heavy atom. The van der Waals surface area contributed by atoms with E-state index >= 15 is 0 Å². The first-order valence-electron chi connectivity index (χ1n) is 9.46. The summed E-state index contributed by atoms with van der Waals surface area (Å²) in [6, 6.07) is 0. The molecule has 0 fully saturated rings. The van der Waals surface area contributed by atoms with Crippen molar-refractivity contribution in [2.75, 3.05) is 6.61 Å². The van der Waals surface area contributed by atoms with Crippen molar-refractivity contribution in [1.82, 2.24) is 0 Å². The number of unbranched alkanes of at least 4 members (excludes halogenated alkanes) is 12. The third kappa shape index (κ3) is 37.8. The molecule has 0 spiro atoms. The van der Waals surface area contributed by atoms with E-state index in [-0.39, 0.29) is 0 Å². The molecule has 0 aromatic heterocycles. The van der Waals surface area contributed by atoms with Gasteiger partial charge in [-0.2, -0.15) is 0 Å². The molecule has 6 heteroatoms. The molecule has 0 aromatic rings. The van der Waals surface area contributed by atoms with Crippen molar-refractivity contribution in [3.05, 3.63) is 12.2 Å². The molecule has 4 N–H and O–H groups in total. The van der Waals surface area contributed by atoms with Gasteiger partial charge in [-0.1, -0.05) is 76.9 Å². The van der Waals surface area contributed by atoms with Crippen LogP contribution < -0.4 is 0 Å². The lowest BCUT2D eigenvalue weighted by atomic mass is 10.1. The Hall–Kier alpha value is -0.190. The van der Waals surface area contributed by atoms with Crippen LogP contribution in [-0.4, -0.2) is 26.4 Å². The number of allylic oxidation sites excluding steroid dienone is 2. The number of rotatable bonds is 15. The van der Waals surface area contributed by atoms with E-state index in [2.05, 4.69) is 19.1 Å². The van der Waals surface area contributed by atoms with E-state index in [1.54, 1.807) is 0 Å². The van der Waals surface area contributed by atoms with Gasteiger partial charge in [0.1, 0.15) is 0 Å². The van der Waals surface area contributed by atoms with Crippen molar-refractivity contribution in [2.24, 2.45) is 0 Å². The summed E-state index contributed by atoms with van der Waals surface area (Å²) in [5.74, 6) is 0. The van der Waals surface area contributed by atoms with Crippen LogP contribution in [0, 0.1) is 0 Å². The second-order valence-corrected chi connectivity index (χ2v) is 7.20. The van der Waals surface area contributed by atoms with Gasteiger partial charge in [0.2, 0.25) is 0 Å². The van der Waals surface area contributed by atoms with Gasteiger partial charge in [-0.05, 0) is 32.1 Å². The average Bonchev–Trinajstić information content (AvgIpc) is 2.49. The second-order valence-electron chi connectivity index (χ2n) is 6.17. The van der Waals surface area contributed by atoms with Crippen LogP contribution in [0.3, 0.4) is 0 Å². The molecular weight excluding hydrogens is 327 g/mol. The zero-order valence-electron chi connectivity index (χ0n) is 15.4. The molecule has 0 saturated carbocycles. The van der Waals surface area contributed by atoms with Crippen LogP contribution >= 0.6 is 7.82 Å². The Bertz CT molecular complexity index is 294. The zero-order valence-corrected chi connectivity index (χ0v) is 16.3. The van der Waals surface area contributed by atoms with Gasteiger partial charge < -0.3 is 19.8 Å². The quantitative estimate of drug-likeness (QED) is 0.184. The number of phosphoric acid groups is 1. The van der Waals surface area contributed by atoms with Crippen LogP contribution in [0.2, 0.25) is 0 Å². The van der Waals surface area contributed by atoms with Crippen molar-refractivity contribution < 1.29 is 24.4 Å². The molecule has 146 valence electrons. The Morgan fingerprint density at radius 2 is 1.00 bits per heavy atom. The van der Waals surface area contributed by atoms with Crippen molar-refractivity contribution in [1.29, 1.82) is 0 Å². The van der Waals surface area contributed by atoms with E-state index in [1.165, 1.54) is 83.5 Å². The molecule has 0 aromatic carbocycles. The lowest BCUT2D eigenvalue weighted by molar-refractivity contribution is 0.275. The number of aliphatic hydroxyl groups is 1. The van der Waals surface area contributed by atoms with Gasteiger partial charge in [0.05, 0.1) is 0 Å². The monoisotopic (exact) mass is 366 g/mol. The zero-order chi connectivity index (χ0) is 18.5. The van der Waals surface area contributed by atoms with Crippen LogP contribution in [0.4, 0.5) is 0 Å². The molecule has 0 amide bonds. The summed E-state index contributed by atoms with van der Waals surface area (Å²) in [6.07, 6.45) is 23.2. The molecule has 5 nitrogen and oxygen atoms in total. The number of aliphatic hydroxyl groups excluding tert-OH is 1. The van der Waals surface area contributed by atoms with Crippen molar-refractivity contribution in [3.8, 4) is 0 Å². The number of hydrogen-bond acceptors (Lipinski definition) is 2. The minimum atomic E-state index is -4.64. The van der Waals surface area contributed by atoms with Gasteiger partial charge >= 0.3 is 7.82 Å². The lowest BCUT2D eigenvalue weighted by Crippen LogP contribution is -1.83. The van der Waals surface area contributed by atoms with Gasteiger partial charge in [0.15, 0.2) is 0 Å². The molecule has 0 saturated heterocycles. The van der Waals surface area contributed by atoms with Gasteiger partial charge in [0.25, 0.3) is 0 Å². The summed E-state index contributed by atoms with van der Waals surface area (Å²) in [5.41, 5.74) is 0. The highest BCUT2D eigenvalue weighted by Crippen LogP contribution is 2.25. The fourth-order valence-corrected chi connectivity index (χ4v) is 2.36. The first-order valence-corrected chi connectivity index (χ1v) is 11.0. The summed E-state index contributed by atoms with van der Waals surface area (Å²) >= 11 is 0. The molecule has 0 aliphatic heterocycles. The van der Waals surface area contributed by atoms with Crippen LogP contribution in [-0.2, 0) is 4.57 Å². The third-order valence-corrected chi connectivity index (χ3v) is 3.67. The molecular formula is C18H39O5P. The fourth-order valence-electron chi connectivity index (χ4n) is 2.36. The standard InChI is InChI=1S/C18H36O.H3O4P/c1-2-3-4-5-6-7-8-9-10-11-12-13-14-15-16-17-18-19;1-5(2,3)4/h9-10,19H,2-8,11-18H2,1H3;(H3,1,2,3,4)/b10-9-;. The van der Waals surface area contributed by atoms with E-state index in [4.69, 9.17) is 24.4 Å². The van der Waals surface area contributed by atoms with Crippen LogP contribution in [0.5, 0.6) is 0 Å². The Kier molecular flexibility index (Phi) is 22.6. The molecule has 0 radical (unpaired) electrons. The van der Waals surface area contributed by atoms with E-state index < -0.39 is 7.82 Å². The molecule has 0 rings (SSSR count). The van der Waals surface area contributed by atoms with E-state index in [9.17, 15) is 0 Å². The maximum absolute atomic E-state index is 8.88. The highest BCUT2D eigenvalue weighted by Gasteiger charge is 2.00. The SMILES string of the molecule is CCCCCCCC/C=C\CCCCCCCCO.O=P(O)(O)O. The highest BCUT2D eigenvalue weighted by atomic mass is 31.2. The van der Waals surface area contributed by atoms with Crippen LogP contribution in [0.1, 0.15) is 96.8 Å². The average molecular weight is 366 g/mol. The number of hydrogen-bond donors (Lipinski definition) is 4. The molecule has 24 heavy (non-hydrogen) atoms.